The fourth-order valence-electron chi connectivity index (χ4n) is 3.03. The van der Waals surface area contributed by atoms with Crippen LogP contribution < -0.4 is 0 Å². The molecule has 0 saturated carbocycles. The van der Waals surface area contributed by atoms with Gasteiger partial charge in [-0.05, 0) is 46.8 Å². The molecule has 0 aliphatic heterocycles. The van der Waals surface area contributed by atoms with Crippen molar-refractivity contribution in [1.29, 1.82) is 0 Å². The number of carboxylic acid groups (broad SMARTS) is 1. The molecule has 144 valence electrons. The second-order valence-corrected chi connectivity index (χ2v) is 7.35. The number of carbonyl (C=O) groups is 2. The van der Waals surface area contributed by atoms with Crippen LogP contribution in [0.4, 0.5) is 4.39 Å². The summed E-state index contributed by atoms with van der Waals surface area (Å²) in [6.45, 7) is 0. The average Bonchev–Trinajstić information content (AvgIpc) is 3.31. The smallest absolute Gasteiger partial charge is 0.337 e. The summed E-state index contributed by atoms with van der Waals surface area (Å²) in [5.74, 6) is -1.51. The Morgan fingerprint density at radius 1 is 1.07 bits per heavy atom. The minimum Gasteiger partial charge on any atom is -0.478 e. The molecule has 0 saturated heterocycles. The topological polar surface area (TPSA) is 67.5 Å². The summed E-state index contributed by atoms with van der Waals surface area (Å²) >= 11 is 1.24. The zero-order valence-corrected chi connectivity index (χ0v) is 15.9. The highest BCUT2D eigenvalue weighted by atomic mass is 32.1. The highest BCUT2D eigenvalue weighted by molar-refractivity contribution is 7.11. The summed E-state index contributed by atoms with van der Waals surface area (Å²) in [6, 6.07) is 14.8. The monoisotopic (exact) mass is 406 g/mol. The summed E-state index contributed by atoms with van der Waals surface area (Å²) in [4.78, 5) is 25.0. The fourth-order valence-corrected chi connectivity index (χ4v) is 3.98. The molecule has 1 N–H and O–H groups in total. The van der Waals surface area contributed by atoms with E-state index >= 15 is 0 Å². The van der Waals surface area contributed by atoms with Gasteiger partial charge in [0.25, 0.3) is 0 Å². The van der Waals surface area contributed by atoms with Gasteiger partial charge in [-0.15, -0.1) is 11.3 Å². The normalized spacial score (nSPS) is 11.3. The summed E-state index contributed by atoms with van der Waals surface area (Å²) < 4.78 is 18.6. The van der Waals surface area contributed by atoms with Gasteiger partial charge in [-0.3, -0.25) is 4.79 Å². The molecule has 2 heterocycles. The number of ketones is 1. The molecule has 0 fully saturated rings. The van der Waals surface area contributed by atoms with E-state index in [1.807, 2.05) is 18.2 Å². The summed E-state index contributed by atoms with van der Waals surface area (Å²) in [6.07, 6.45) is 3.31. The highest BCUT2D eigenvalue weighted by Gasteiger charge is 2.21. The van der Waals surface area contributed by atoms with Crippen molar-refractivity contribution in [3.63, 3.8) is 0 Å². The number of carboxylic acids is 1. The molecular formula is C23H15FO4S. The molecule has 0 aliphatic rings. The number of hydrogen-bond acceptors (Lipinski definition) is 4. The van der Waals surface area contributed by atoms with Crippen molar-refractivity contribution in [2.24, 2.45) is 0 Å². The lowest BCUT2D eigenvalue weighted by Gasteiger charge is -2.00. The Labute approximate surface area is 169 Å². The maximum absolute atomic E-state index is 13.0. The first-order valence-electron chi connectivity index (χ1n) is 8.80. The van der Waals surface area contributed by atoms with E-state index in [1.165, 1.54) is 23.5 Å². The van der Waals surface area contributed by atoms with Gasteiger partial charge in [-0.2, -0.15) is 0 Å². The highest BCUT2D eigenvalue weighted by Crippen LogP contribution is 2.27. The average molecular weight is 406 g/mol. The van der Waals surface area contributed by atoms with E-state index in [-0.39, 0.29) is 29.3 Å². The van der Waals surface area contributed by atoms with Gasteiger partial charge in [-0.1, -0.05) is 36.4 Å². The summed E-state index contributed by atoms with van der Waals surface area (Å²) in [5, 5.41) is 12.2. The van der Waals surface area contributed by atoms with Crippen LogP contribution in [0.3, 0.4) is 0 Å². The first kappa shape index (κ1) is 18.8. The van der Waals surface area contributed by atoms with Crippen molar-refractivity contribution in [2.45, 2.75) is 6.42 Å². The molecule has 0 amide bonds. The number of rotatable bonds is 6. The van der Waals surface area contributed by atoms with Gasteiger partial charge in [0.15, 0.2) is 5.76 Å². The third-order valence-electron chi connectivity index (χ3n) is 4.46. The third kappa shape index (κ3) is 4.02. The fraction of sp³-hybridized carbons (Fsp3) is 0.0435. The molecule has 29 heavy (non-hydrogen) atoms. The van der Waals surface area contributed by atoms with Crippen LogP contribution in [0, 0.1) is 5.82 Å². The zero-order valence-electron chi connectivity index (χ0n) is 15.1. The minimum atomic E-state index is -1.10. The Morgan fingerprint density at radius 3 is 2.55 bits per heavy atom. The molecule has 4 rings (SSSR count). The first-order valence-corrected chi connectivity index (χ1v) is 9.68. The van der Waals surface area contributed by atoms with E-state index in [9.17, 15) is 19.1 Å². The van der Waals surface area contributed by atoms with Crippen LogP contribution in [-0.4, -0.2) is 16.9 Å². The van der Waals surface area contributed by atoms with E-state index < -0.39 is 5.97 Å². The van der Waals surface area contributed by atoms with E-state index in [4.69, 9.17) is 4.42 Å². The number of carbonyl (C=O) groups excluding carboxylic acids is 1. The second kappa shape index (κ2) is 7.85. The Morgan fingerprint density at radius 2 is 1.83 bits per heavy atom. The molecule has 4 nitrogen and oxygen atoms in total. The van der Waals surface area contributed by atoms with Crippen LogP contribution >= 0.6 is 11.3 Å². The minimum absolute atomic E-state index is 0.0671. The largest absolute Gasteiger partial charge is 0.478 e. The maximum atomic E-state index is 13.0. The number of thiophene rings is 1. The van der Waals surface area contributed by atoms with Gasteiger partial charge < -0.3 is 9.52 Å². The Balaban J connectivity index is 1.59. The number of furan rings is 1. The van der Waals surface area contributed by atoms with Crippen LogP contribution in [0.5, 0.6) is 0 Å². The van der Waals surface area contributed by atoms with E-state index in [0.29, 0.717) is 16.0 Å². The lowest BCUT2D eigenvalue weighted by atomic mass is 10.0. The van der Waals surface area contributed by atoms with Crippen LogP contribution in [0.1, 0.15) is 36.9 Å². The summed E-state index contributed by atoms with van der Waals surface area (Å²) in [5.41, 5.74) is 1.89. The maximum Gasteiger partial charge on any atom is 0.337 e. The number of aromatic carboxylic acids is 1. The van der Waals surface area contributed by atoms with Gasteiger partial charge in [0.05, 0.1) is 5.56 Å². The molecular weight excluding hydrogens is 391 g/mol. The van der Waals surface area contributed by atoms with Crippen molar-refractivity contribution >= 4 is 46.2 Å². The predicted molar refractivity (Wildman–Crippen MR) is 111 cm³/mol. The van der Waals surface area contributed by atoms with Gasteiger partial charge in [0.1, 0.15) is 11.4 Å². The second-order valence-electron chi connectivity index (χ2n) is 6.44. The van der Waals surface area contributed by atoms with Crippen LogP contribution in [0.15, 0.2) is 64.4 Å². The SMILES string of the molecule is O=C(Cc1csc(/C=C/c2ccc(F)cc2)c1C(=O)O)c1cc2ccccc2o1. The van der Waals surface area contributed by atoms with Gasteiger partial charge >= 0.3 is 5.97 Å². The number of benzene rings is 2. The number of para-hydroxylation sites is 1. The van der Waals surface area contributed by atoms with E-state index in [0.717, 1.165) is 10.9 Å². The first-order chi connectivity index (χ1) is 14.0. The molecule has 6 heteroatoms. The number of Topliss-reactive ketones (excluding diaryl/α,β-unsaturated/α-hetero) is 1. The van der Waals surface area contributed by atoms with Gasteiger partial charge in [-0.25, -0.2) is 9.18 Å². The molecule has 0 aliphatic carbocycles. The number of hydrogen-bond donors (Lipinski definition) is 1. The molecule has 2 aromatic carbocycles. The molecule has 0 radical (unpaired) electrons. The molecule has 2 aromatic heterocycles. The quantitative estimate of drug-likeness (QED) is 0.403. The van der Waals surface area contributed by atoms with E-state index in [2.05, 4.69) is 0 Å². The Bertz CT molecular complexity index is 1200. The van der Waals surface area contributed by atoms with Gasteiger partial charge in [0.2, 0.25) is 5.78 Å². The lowest BCUT2D eigenvalue weighted by Crippen LogP contribution is -2.07. The molecule has 4 aromatic rings. The Kier molecular flexibility index (Phi) is 5.10. The summed E-state index contributed by atoms with van der Waals surface area (Å²) in [7, 11) is 0. The van der Waals surface area contributed by atoms with Gasteiger partial charge in [0, 0.05) is 16.7 Å². The standard InChI is InChI=1S/C23H15FO4S/c24-17-8-5-14(6-9-17)7-10-21-22(23(26)27)16(13-29-21)11-18(25)20-12-15-3-1-2-4-19(15)28-20/h1-10,12-13H,11H2,(H,26,27)/b10-7+. The molecule has 0 bridgehead atoms. The van der Waals surface area contributed by atoms with Crippen molar-refractivity contribution in [2.75, 3.05) is 0 Å². The van der Waals surface area contributed by atoms with Crippen molar-refractivity contribution in [3.05, 3.63) is 93.1 Å². The van der Waals surface area contributed by atoms with Crippen molar-refractivity contribution in [3.8, 4) is 0 Å². The third-order valence-corrected chi connectivity index (χ3v) is 5.45. The molecule has 0 unspecified atom stereocenters. The Hall–Kier alpha value is -3.51. The van der Waals surface area contributed by atoms with Crippen LogP contribution in [0.25, 0.3) is 23.1 Å². The molecule has 0 spiro atoms. The molecule has 0 atom stereocenters. The van der Waals surface area contributed by atoms with Crippen molar-refractivity contribution in [1.82, 2.24) is 0 Å². The van der Waals surface area contributed by atoms with Crippen molar-refractivity contribution < 1.29 is 23.5 Å². The van der Waals surface area contributed by atoms with Crippen LogP contribution in [-0.2, 0) is 6.42 Å². The van der Waals surface area contributed by atoms with E-state index in [1.54, 1.807) is 41.8 Å². The van der Waals surface area contributed by atoms with Crippen LogP contribution in [0.2, 0.25) is 0 Å². The predicted octanol–water partition coefficient (Wildman–Crippen LogP) is 5.93. The number of halogens is 1. The lowest BCUT2D eigenvalue weighted by molar-refractivity contribution is 0.0696. The number of fused-ring (bicyclic) bond motifs is 1. The zero-order chi connectivity index (χ0) is 20.4.